The van der Waals surface area contributed by atoms with Gasteiger partial charge >= 0.3 is 0 Å². The summed E-state index contributed by atoms with van der Waals surface area (Å²) in [5, 5.41) is 0. The van der Waals surface area contributed by atoms with Crippen LogP contribution in [-0.4, -0.2) is 32.5 Å². The van der Waals surface area contributed by atoms with Gasteiger partial charge in [0.2, 0.25) is 5.69 Å². The van der Waals surface area contributed by atoms with Crippen LogP contribution in [0.4, 0.5) is 5.69 Å². The zero-order valence-corrected chi connectivity index (χ0v) is 21.0. The van der Waals surface area contributed by atoms with Crippen molar-refractivity contribution in [1.82, 2.24) is 19.4 Å². The molecule has 5 nitrogen and oxygen atoms in total. The molecule has 0 amide bonds. The first-order chi connectivity index (χ1) is 18.2. The third-order valence-electron chi connectivity index (χ3n) is 7.42. The number of rotatable bonds is 5. The van der Waals surface area contributed by atoms with Crippen LogP contribution in [0.5, 0.6) is 0 Å². The Labute approximate surface area is 217 Å². The van der Waals surface area contributed by atoms with E-state index < -0.39 is 0 Å². The first kappa shape index (κ1) is 23.1. The van der Waals surface area contributed by atoms with Gasteiger partial charge in [0.25, 0.3) is 0 Å². The monoisotopic (exact) mass is 483 g/mol. The number of hydrogen-bond acceptors (Lipinski definition) is 3. The average molecular weight is 484 g/mol. The van der Waals surface area contributed by atoms with Gasteiger partial charge in [-0.1, -0.05) is 66.7 Å². The van der Waals surface area contributed by atoms with Crippen LogP contribution in [0.25, 0.3) is 38.3 Å². The average Bonchev–Trinajstić information content (AvgIpc) is 3.30. The summed E-state index contributed by atoms with van der Waals surface area (Å²) in [5.74, 6) is 1.11. The largest absolute Gasteiger partial charge is 0.325 e. The summed E-state index contributed by atoms with van der Waals surface area (Å²) in [6, 6.07) is 29.9. The molecule has 1 aliphatic rings. The van der Waals surface area contributed by atoms with Gasteiger partial charge in [-0.3, -0.25) is 9.88 Å². The molecule has 1 fully saturated rings. The minimum absolute atomic E-state index is 0.506. The van der Waals surface area contributed by atoms with Gasteiger partial charge in [0, 0.05) is 37.4 Å². The first-order valence-corrected chi connectivity index (χ1v) is 12.9. The number of hydrogen-bond donors (Lipinski definition) is 0. The van der Waals surface area contributed by atoms with E-state index in [1.54, 1.807) is 6.20 Å². The molecule has 0 bridgehead atoms. The quantitative estimate of drug-likeness (QED) is 0.244. The molecule has 6 rings (SSSR count). The standard InChI is InChI=1S/C32H29N5/c1-23-35-30-10-6-7-11-31(30)37(23)28-16-18-36(19-17-28)22-24-12-14-26(15-13-24)32-29(20-27(33-2)21-34-32)25-8-4-3-5-9-25/h3-15,20-21,28H,16-19,22H2,1H3. The van der Waals surface area contributed by atoms with Gasteiger partial charge in [-0.05, 0) is 54.7 Å². The highest BCUT2D eigenvalue weighted by Gasteiger charge is 2.23. The molecule has 37 heavy (non-hydrogen) atoms. The van der Waals surface area contributed by atoms with Gasteiger partial charge in [-0.25, -0.2) is 9.83 Å². The number of benzene rings is 3. The second kappa shape index (κ2) is 10.0. The molecule has 0 atom stereocenters. The normalized spacial score (nSPS) is 14.6. The van der Waals surface area contributed by atoms with Gasteiger partial charge in [0.05, 0.1) is 23.3 Å². The number of piperidine rings is 1. The van der Waals surface area contributed by atoms with Crippen molar-refractivity contribution in [2.75, 3.05) is 13.1 Å². The summed E-state index contributed by atoms with van der Waals surface area (Å²) in [5.41, 5.74) is 8.26. The van der Waals surface area contributed by atoms with E-state index >= 15 is 0 Å². The molecule has 0 saturated carbocycles. The molecule has 0 radical (unpaired) electrons. The molecule has 2 aromatic heterocycles. The van der Waals surface area contributed by atoms with Crippen LogP contribution >= 0.6 is 0 Å². The second-order valence-electron chi connectivity index (χ2n) is 9.79. The third-order valence-corrected chi connectivity index (χ3v) is 7.42. The lowest BCUT2D eigenvalue weighted by Crippen LogP contribution is -2.34. The molecule has 0 N–H and O–H groups in total. The van der Waals surface area contributed by atoms with E-state index in [2.05, 4.69) is 86.9 Å². The first-order valence-electron chi connectivity index (χ1n) is 12.9. The predicted molar refractivity (Wildman–Crippen MR) is 149 cm³/mol. The van der Waals surface area contributed by atoms with Crippen molar-refractivity contribution in [3.8, 4) is 22.4 Å². The van der Waals surface area contributed by atoms with E-state index in [1.807, 2.05) is 24.3 Å². The maximum Gasteiger partial charge on any atom is 0.205 e. The highest BCUT2D eigenvalue weighted by Crippen LogP contribution is 2.34. The van der Waals surface area contributed by atoms with E-state index in [1.165, 1.54) is 11.1 Å². The van der Waals surface area contributed by atoms with Crippen LogP contribution in [0.1, 0.15) is 30.3 Å². The minimum Gasteiger partial charge on any atom is -0.325 e. The number of fused-ring (bicyclic) bond motifs is 1. The Kier molecular flexibility index (Phi) is 6.26. The third kappa shape index (κ3) is 4.64. The molecule has 5 heteroatoms. The summed E-state index contributed by atoms with van der Waals surface area (Å²) >= 11 is 0. The maximum atomic E-state index is 7.40. The van der Waals surface area contributed by atoms with Crippen molar-refractivity contribution in [2.45, 2.75) is 32.4 Å². The Hall–Kier alpha value is -4.27. The van der Waals surface area contributed by atoms with Crippen LogP contribution in [0.3, 0.4) is 0 Å². The van der Waals surface area contributed by atoms with Crippen molar-refractivity contribution in [2.24, 2.45) is 0 Å². The van der Waals surface area contributed by atoms with E-state index in [-0.39, 0.29) is 0 Å². The van der Waals surface area contributed by atoms with Crippen molar-refractivity contribution in [3.05, 3.63) is 114 Å². The molecule has 3 heterocycles. The second-order valence-corrected chi connectivity index (χ2v) is 9.79. The number of imidazole rings is 1. The Morgan fingerprint density at radius 2 is 1.62 bits per heavy atom. The van der Waals surface area contributed by atoms with E-state index in [4.69, 9.17) is 11.6 Å². The van der Waals surface area contributed by atoms with Crippen molar-refractivity contribution < 1.29 is 0 Å². The fourth-order valence-electron chi connectivity index (χ4n) is 5.57. The molecule has 182 valence electrons. The van der Waals surface area contributed by atoms with Crippen LogP contribution in [0.15, 0.2) is 91.1 Å². The van der Waals surface area contributed by atoms with Gasteiger partial charge < -0.3 is 4.57 Å². The molecule has 0 unspecified atom stereocenters. The van der Waals surface area contributed by atoms with Crippen LogP contribution in [0.2, 0.25) is 0 Å². The number of pyridine rings is 1. The topological polar surface area (TPSA) is 38.3 Å². The Morgan fingerprint density at radius 3 is 2.38 bits per heavy atom. The number of para-hydroxylation sites is 2. The Morgan fingerprint density at radius 1 is 0.892 bits per heavy atom. The molecule has 0 spiro atoms. The smallest absolute Gasteiger partial charge is 0.205 e. The Balaban J connectivity index is 1.16. The zero-order chi connectivity index (χ0) is 25.2. The van der Waals surface area contributed by atoms with Crippen molar-refractivity contribution >= 4 is 16.7 Å². The summed E-state index contributed by atoms with van der Waals surface area (Å²) in [7, 11) is 0. The zero-order valence-electron chi connectivity index (χ0n) is 21.0. The van der Waals surface area contributed by atoms with Crippen molar-refractivity contribution in [3.63, 3.8) is 0 Å². The van der Waals surface area contributed by atoms with E-state index in [9.17, 15) is 0 Å². The van der Waals surface area contributed by atoms with E-state index in [0.717, 1.165) is 66.2 Å². The highest BCUT2D eigenvalue weighted by atomic mass is 15.2. The van der Waals surface area contributed by atoms with Crippen molar-refractivity contribution in [1.29, 1.82) is 0 Å². The van der Waals surface area contributed by atoms with E-state index in [0.29, 0.717) is 11.7 Å². The van der Waals surface area contributed by atoms with Crippen LogP contribution < -0.4 is 0 Å². The summed E-state index contributed by atoms with van der Waals surface area (Å²) < 4.78 is 2.44. The van der Waals surface area contributed by atoms with Gasteiger partial charge in [-0.15, -0.1) is 0 Å². The molecular formula is C32H29N5. The molecular weight excluding hydrogens is 454 g/mol. The molecule has 3 aromatic carbocycles. The molecule has 5 aromatic rings. The number of aryl methyl sites for hydroxylation is 1. The summed E-state index contributed by atoms with van der Waals surface area (Å²) in [4.78, 5) is 15.6. The molecule has 0 aliphatic carbocycles. The number of likely N-dealkylation sites (tertiary alicyclic amines) is 1. The lowest BCUT2D eigenvalue weighted by molar-refractivity contribution is 0.180. The fraction of sp³-hybridized carbons (Fsp3) is 0.219. The Bertz CT molecular complexity index is 1570. The maximum absolute atomic E-state index is 7.40. The van der Waals surface area contributed by atoms with Gasteiger partial charge in [-0.2, -0.15) is 0 Å². The lowest BCUT2D eigenvalue weighted by Gasteiger charge is -2.33. The highest BCUT2D eigenvalue weighted by molar-refractivity contribution is 5.83. The number of aromatic nitrogens is 3. The number of nitrogens with zero attached hydrogens (tertiary/aromatic N) is 5. The minimum atomic E-state index is 0.506. The van der Waals surface area contributed by atoms with Crippen LogP contribution in [-0.2, 0) is 6.54 Å². The summed E-state index contributed by atoms with van der Waals surface area (Å²) in [6.45, 7) is 12.6. The fourth-order valence-corrected chi connectivity index (χ4v) is 5.57. The molecule has 1 saturated heterocycles. The predicted octanol–water partition coefficient (Wildman–Crippen LogP) is 7.46. The summed E-state index contributed by atoms with van der Waals surface area (Å²) in [6.07, 6.45) is 3.94. The SMILES string of the molecule is [C-]#[N+]c1cnc(-c2ccc(CN3CCC(n4c(C)nc5ccccc54)CC3)cc2)c(-c2ccccc2)c1. The molecule has 1 aliphatic heterocycles. The van der Waals surface area contributed by atoms with Gasteiger partial charge in [0.15, 0.2) is 0 Å². The lowest BCUT2D eigenvalue weighted by atomic mass is 9.98. The van der Waals surface area contributed by atoms with Gasteiger partial charge in [0.1, 0.15) is 5.82 Å². The van der Waals surface area contributed by atoms with Crippen LogP contribution in [0, 0.1) is 13.5 Å².